The molecule has 0 saturated heterocycles. The van der Waals surface area contributed by atoms with Gasteiger partial charge in [-0.2, -0.15) is 0 Å². The van der Waals surface area contributed by atoms with E-state index in [1.54, 1.807) is 13.8 Å². The SMILES string of the molecule is [CH2]C(C)(C)[C@@H](O)C(=O)NCCC(=O)NCCSC(C)=O. The maximum absolute atomic E-state index is 11.5. The van der Waals surface area contributed by atoms with Gasteiger partial charge >= 0.3 is 0 Å². The molecule has 3 N–H and O–H groups in total. The second kappa shape index (κ2) is 8.97. The van der Waals surface area contributed by atoms with E-state index in [1.807, 2.05) is 0 Å². The molecule has 0 unspecified atom stereocenters. The van der Waals surface area contributed by atoms with E-state index < -0.39 is 17.4 Å². The summed E-state index contributed by atoms with van der Waals surface area (Å²) in [6.07, 6.45) is -1.08. The lowest BCUT2D eigenvalue weighted by atomic mass is 9.89. The van der Waals surface area contributed by atoms with Gasteiger partial charge in [-0.1, -0.05) is 25.6 Å². The van der Waals surface area contributed by atoms with Crippen molar-refractivity contribution in [2.24, 2.45) is 5.41 Å². The Hall–Kier alpha value is -1.08. The lowest BCUT2D eigenvalue weighted by Crippen LogP contribution is -2.43. The second-order valence-corrected chi connectivity index (χ2v) is 6.39. The van der Waals surface area contributed by atoms with E-state index >= 15 is 0 Å². The molecule has 0 aliphatic heterocycles. The number of carbonyl (C=O) groups excluding carboxylic acids is 3. The molecule has 0 saturated carbocycles. The molecular weight excluding hydrogens is 280 g/mol. The van der Waals surface area contributed by atoms with E-state index in [2.05, 4.69) is 17.6 Å². The Labute approximate surface area is 124 Å². The monoisotopic (exact) mass is 303 g/mol. The number of carbonyl (C=O) groups is 3. The maximum atomic E-state index is 11.5. The number of amides is 2. The Balaban J connectivity index is 3.76. The van der Waals surface area contributed by atoms with Crippen LogP contribution in [-0.4, -0.2) is 47.0 Å². The van der Waals surface area contributed by atoms with Crippen LogP contribution in [0.25, 0.3) is 0 Å². The van der Waals surface area contributed by atoms with Crippen LogP contribution in [0.3, 0.4) is 0 Å². The molecule has 6 nitrogen and oxygen atoms in total. The van der Waals surface area contributed by atoms with E-state index in [0.717, 1.165) is 11.8 Å². The molecule has 7 heteroatoms. The average Bonchev–Trinajstić information content (AvgIpc) is 2.32. The van der Waals surface area contributed by atoms with E-state index in [1.165, 1.54) is 6.92 Å². The third-order valence-electron chi connectivity index (χ3n) is 2.37. The third-order valence-corrected chi connectivity index (χ3v) is 3.18. The van der Waals surface area contributed by atoms with Gasteiger partial charge in [-0.25, -0.2) is 0 Å². The fraction of sp³-hybridized carbons (Fsp3) is 0.692. The number of hydrogen-bond acceptors (Lipinski definition) is 5. The van der Waals surface area contributed by atoms with E-state index in [0.29, 0.717) is 12.3 Å². The quantitative estimate of drug-likeness (QED) is 0.553. The highest BCUT2D eigenvalue weighted by Crippen LogP contribution is 2.18. The van der Waals surface area contributed by atoms with Gasteiger partial charge in [0.2, 0.25) is 11.8 Å². The zero-order valence-corrected chi connectivity index (χ0v) is 13.0. The smallest absolute Gasteiger partial charge is 0.249 e. The predicted octanol–water partition coefficient (Wildman–Crippen LogP) is 0.110. The fourth-order valence-electron chi connectivity index (χ4n) is 1.22. The second-order valence-electron chi connectivity index (χ2n) is 5.12. The van der Waals surface area contributed by atoms with Crippen molar-refractivity contribution in [1.82, 2.24) is 10.6 Å². The normalized spacial score (nSPS) is 12.7. The Kier molecular flexibility index (Phi) is 8.48. The van der Waals surface area contributed by atoms with Crippen molar-refractivity contribution < 1.29 is 19.5 Å². The van der Waals surface area contributed by atoms with Crippen molar-refractivity contribution in [3.05, 3.63) is 6.92 Å². The standard InChI is InChI=1S/C13H23N2O4S/c1-9(16)20-8-7-14-10(17)5-6-15-12(19)11(18)13(2,3)4/h11,18H,2,5-8H2,1,3-4H3,(H,14,17)(H,15,19)/t11-/m0/s1. The molecule has 0 spiro atoms. The number of rotatable bonds is 8. The average molecular weight is 303 g/mol. The minimum Gasteiger partial charge on any atom is -0.383 e. The summed E-state index contributed by atoms with van der Waals surface area (Å²) in [6, 6.07) is 0. The molecule has 20 heavy (non-hydrogen) atoms. The van der Waals surface area contributed by atoms with Crippen molar-refractivity contribution in [1.29, 1.82) is 0 Å². The van der Waals surface area contributed by atoms with Gasteiger partial charge in [0.05, 0.1) is 0 Å². The Morgan fingerprint density at radius 1 is 1.25 bits per heavy atom. The van der Waals surface area contributed by atoms with Crippen LogP contribution in [-0.2, 0) is 14.4 Å². The molecule has 0 fully saturated rings. The largest absolute Gasteiger partial charge is 0.383 e. The molecule has 115 valence electrons. The van der Waals surface area contributed by atoms with Gasteiger partial charge in [0.25, 0.3) is 0 Å². The van der Waals surface area contributed by atoms with Crippen LogP contribution < -0.4 is 10.6 Å². The zero-order chi connectivity index (χ0) is 15.8. The molecule has 0 rings (SSSR count). The van der Waals surface area contributed by atoms with Crippen molar-refractivity contribution in [3.8, 4) is 0 Å². The van der Waals surface area contributed by atoms with Gasteiger partial charge in [-0.3, -0.25) is 14.4 Å². The van der Waals surface area contributed by atoms with Crippen LogP contribution in [0.5, 0.6) is 0 Å². The highest BCUT2D eigenvalue weighted by Gasteiger charge is 2.28. The molecule has 0 heterocycles. The van der Waals surface area contributed by atoms with Gasteiger partial charge < -0.3 is 15.7 Å². The van der Waals surface area contributed by atoms with Gasteiger partial charge in [-0.05, 0) is 12.3 Å². The van der Waals surface area contributed by atoms with Crippen LogP contribution in [0.4, 0.5) is 0 Å². The van der Waals surface area contributed by atoms with Crippen LogP contribution in [0.2, 0.25) is 0 Å². The maximum Gasteiger partial charge on any atom is 0.249 e. The molecule has 0 aliphatic carbocycles. The first-order valence-corrected chi connectivity index (χ1v) is 7.34. The summed E-state index contributed by atoms with van der Waals surface area (Å²) in [5.41, 5.74) is -0.781. The molecule has 2 amide bonds. The van der Waals surface area contributed by atoms with Crippen LogP contribution in [0, 0.1) is 12.3 Å². The molecule has 1 atom stereocenters. The Morgan fingerprint density at radius 2 is 1.85 bits per heavy atom. The lowest BCUT2D eigenvalue weighted by molar-refractivity contribution is -0.133. The topological polar surface area (TPSA) is 95.5 Å². The molecule has 1 radical (unpaired) electrons. The van der Waals surface area contributed by atoms with Gasteiger partial charge in [0.1, 0.15) is 6.10 Å². The minimum absolute atomic E-state index is 0.0105. The number of aliphatic hydroxyl groups is 1. The predicted molar refractivity (Wildman–Crippen MR) is 78.9 cm³/mol. The van der Waals surface area contributed by atoms with Crippen molar-refractivity contribution in [2.75, 3.05) is 18.8 Å². The first-order valence-electron chi connectivity index (χ1n) is 6.35. The first kappa shape index (κ1) is 18.9. The third kappa shape index (κ3) is 8.92. The van der Waals surface area contributed by atoms with Crippen molar-refractivity contribution >= 4 is 28.7 Å². The number of hydrogen-bond donors (Lipinski definition) is 3. The van der Waals surface area contributed by atoms with Gasteiger partial charge in [0.15, 0.2) is 5.12 Å². The molecule has 0 aromatic carbocycles. The zero-order valence-electron chi connectivity index (χ0n) is 12.2. The van der Waals surface area contributed by atoms with Crippen LogP contribution >= 0.6 is 11.8 Å². The molecule has 0 aromatic rings. The van der Waals surface area contributed by atoms with Crippen molar-refractivity contribution in [3.63, 3.8) is 0 Å². The Morgan fingerprint density at radius 3 is 2.35 bits per heavy atom. The summed E-state index contributed by atoms with van der Waals surface area (Å²) >= 11 is 1.15. The minimum atomic E-state index is -1.21. The molecular formula is C13H23N2O4S. The fourth-order valence-corrected chi connectivity index (χ4v) is 1.72. The summed E-state index contributed by atoms with van der Waals surface area (Å²) in [4.78, 5) is 33.6. The molecule has 0 bridgehead atoms. The van der Waals surface area contributed by atoms with Gasteiger partial charge in [0, 0.05) is 32.2 Å². The summed E-state index contributed by atoms with van der Waals surface area (Å²) in [5, 5.41) is 14.8. The van der Waals surface area contributed by atoms with E-state index in [9.17, 15) is 19.5 Å². The summed E-state index contributed by atoms with van der Waals surface area (Å²) in [7, 11) is 0. The van der Waals surface area contributed by atoms with E-state index in [-0.39, 0.29) is 24.0 Å². The van der Waals surface area contributed by atoms with Crippen LogP contribution in [0.15, 0.2) is 0 Å². The highest BCUT2D eigenvalue weighted by molar-refractivity contribution is 8.13. The summed E-state index contributed by atoms with van der Waals surface area (Å²) in [6.45, 7) is 9.01. The van der Waals surface area contributed by atoms with E-state index in [4.69, 9.17) is 0 Å². The molecule has 0 aliphatic rings. The van der Waals surface area contributed by atoms with Crippen molar-refractivity contribution in [2.45, 2.75) is 33.3 Å². The first-order chi connectivity index (χ1) is 9.14. The number of aliphatic hydroxyl groups excluding tert-OH is 1. The summed E-state index contributed by atoms with van der Waals surface area (Å²) < 4.78 is 0. The van der Waals surface area contributed by atoms with Gasteiger partial charge in [-0.15, -0.1) is 0 Å². The number of thioether (sulfide) groups is 1. The summed E-state index contributed by atoms with van der Waals surface area (Å²) in [5.74, 6) is -0.218. The highest BCUT2D eigenvalue weighted by atomic mass is 32.2. The Bertz CT molecular complexity index is 353. The number of nitrogens with one attached hydrogen (secondary N) is 2. The van der Waals surface area contributed by atoms with Crippen LogP contribution in [0.1, 0.15) is 27.2 Å². The molecule has 0 aromatic heterocycles. The lowest BCUT2D eigenvalue weighted by Gasteiger charge is -2.24.